The largest absolute Gasteiger partial charge is 0.354 e. The third-order valence-corrected chi connectivity index (χ3v) is 6.31. The van der Waals surface area contributed by atoms with E-state index in [9.17, 15) is 14.4 Å². The second-order valence-corrected chi connectivity index (χ2v) is 9.21. The lowest BCUT2D eigenvalue weighted by Gasteiger charge is -2.09. The Kier molecular flexibility index (Phi) is 6.55. The third kappa shape index (κ3) is 4.52. The van der Waals surface area contributed by atoms with Crippen LogP contribution in [0.5, 0.6) is 0 Å². The molecule has 0 bridgehead atoms. The van der Waals surface area contributed by atoms with E-state index in [1.807, 2.05) is 18.2 Å². The van der Waals surface area contributed by atoms with Gasteiger partial charge in [0, 0.05) is 13.1 Å². The molecule has 9 heteroatoms. The molecule has 0 atom stereocenters. The predicted octanol–water partition coefficient (Wildman–Crippen LogP) is 2.67. The molecule has 168 valence electrons. The summed E-state index contributed by atoms with van der Waals surface area (Å²) in [6.07, 6.45) is 2.46. The van der Waals surface area contributed by atoms with Gasteiger partial charge >= 0.3 is 5.69 Å². The molecule has 1 N–H and O–H groups in total. The van der Waals surface area contributed by atoms with Gasteiger partial charge in [-0.25, -0.2) is 13.9 Å². The second kappa shape index (κ2) is 9.52. The van der Waals surface area contributed by atoms with E-state index in [0.29, 0.717) is 29.2 Å². The first-order chi connectivity index (χ1) is 15.5. The number of benzene rings is 1. The van der Waals surface area contributed by atoms with Crippen molar-refractivity contribution in [2.45, 2.75) is 46.2 Å². The Balaban J connectivity index is 1.53. The highest BCUT2D eigenvalue weighted by atomic mass is 32.1. The number of nitrogens with one attached hydrogen (secondary N) is 1. The molecule has 4 rings (SSSR count). The maximum atomic E-state index is 13.1. The Bertz CT molecular complexity index is 1350. The number of hydrogen-bond acceptors (Lipinski definition) is 5. The molecule has 3 aromatic heterocycles. The lowest BCUT2D eigenvalue weighted by atomic mass is 10.1. The zero-order chi connectivity index (χ0) is 22.7. The summed E-state index contributed by atoms with van der Waals surface area (Å²) < 4.78 is 4.66. The minimum Gasteiger partial charge on any atom is -0.354 e. The van der Waals surface area contributed by atoms with Crippen LogP contribution in [0.2, 0.25) is 0 Å². The average molecular weight is 454 g/mol. The quantitative estimate of drug-likeness (QED) is 0.395. The molecule has 0 aliphatic heterocycles. The normalized spacial score (nSPS) is 11.6. The molecular formula is C23H27N5O3S. The van der Waals surface area contributed by atoms with E-state index < -0.39 is 5.69 Å². The molecule has 0 saturated carbocycles. The van der Waals surface area contributed by atoms with E-state index in [-0.39, 0.29) is 23.8 Å². The molecule has 1 aromatic carbocycles. The first-order valence-corrected chi connectivity index (χ1v) is 11.7. The van der Waals surface area contributed by atoms with Gasteiger partial charge in [-0.15, -0.1) is 16.4 Å². The van der Waals surface area contributed by atoms with E-state index >= 15 is 0 Å². The number of amides is 1. The average Bonchev–Trinajstić information content (AvgIpc) is 3.37. The van der Waals surface area contributed by atoms with Gasteiger partial charge in [0.05, 0.1) is 5.52 Å². The lowest BCUT2D eigenvalue weighted by Crippen LogP contribution is -2.33. The first kappa shape index (κ1) is 22.0. The molecule has 0 radical (unpaired) electrons. The molecule has 8 nitrogen and oxygen atoms in total. The summed E-state index contributed by atoms with van der Waals surface area (Å²) in [5.74, 6) is 0.404. The molecule has 0 aliphatic rings. The van der Waals surface area contributed by atoms with Gasteiger partial charge in [0.1, 0.15) is 11.2 Å². The van der Waals surface area contributed by atoms with Gasteiger partial charge in [-0.05, 0) is 42.2 Å². The van der Waals surface area contributed by atoms with Crippen molar-refractivity contribution in [2.75, 3.05) is 6.54 Å². The van der Waals surface area contributed by atoms with E-state index in [4.69, 9.17) is 0 Å². The van der Waals surface area contributed by atoms with E-state index in [1.165, 1.54) is 21.3 Å². The highest BCUT2D eigenvalue weighted by molar-refractivity contribution is 7.17. The summed E-state index contributed by atoms with van der Waals surface area (Å²) in [6, 6.07) is 11.8. The maximum Gasteiger partial charge on any atom is 0.352 e. The molecule has 3 heterocycles. The van der Waals surface area contributed by atoms with Crippen molar-refractivity contribution in [1.82, 2.24) is 24.1 Å². The van der Waals surface area contributed by atoms with E-state index in [1.54, 1.807) is 16.0 Å². The minimum absolute atomic E-state index is 0.148. The molecule has 32 heavy (non-hydrogen) atoms. The Hall–Kier alpha value is -3.20. The van der Waals surface area contributed by atoms with Crippen LogP contribution in [0.25, 0.3) is 16.0 Å². The Labute approximate surface area is 189 Å². The minimum atomic E-state index is -0.416. The van der Waals surface area contributed by atoms with Gasteiger partial charge < -0.3 is 5.32 Å². The van der Waals surface area contributed by atoms with Crippen LogP contribution >= 0.6 is 11.3 Å². The van der Waals surface area contributed by atoms with Crippen molar-refractivity contribution in [3.63, 3.8) is 0 Å². The van der Waals surface area contributed by atoms with Crippen LogP contribution in [0, 0.1) is 5.92 Å². The summed E-state index contributed by atoms with van der Waals surface area (Å²) in [4.78, 5) is 38.5. The monoisotopic (exact) mass is 453 g/mol. The standard InChI is InChI=1S/C23H27N5O3S/c1-16(2)10-13-26-21(30)20-18(11-14-32-20)28-22(26)25-27(23(28)31)15-19(29)24-12-6-9-17-7-4-3-5-8-17/h3-5,7-8,11,14,16H,6,9-10,12-13,15H2,1-2H3,(H,24,29). The van der Waals surface area contributed by atoms with Crippen LogP contribution in [-0.2, 0) is 24.3 Å². The molecular weight excluding hydrogens is 426 g/mol. The van der Waals surface area contributed by atoms with Gasteiger partial charge in [0.25, 0.3) is 5.56 Å². The summed E-state index contributed by atoms with van der Waals surface area (Å²) in [6.45, 7) is 4.97. The van der Waals surface area contributed by atoms with Crippen molar-refractivity contribution in [1.29, 1.82) is 0 Å². The highest BCUT2D eigenvalue weighted by Crippen LogP contribution is 2.17. The van der Waals surface area contributed by atoms with Gasteiger partial charge in [-0.1, -0.05) is 44.2 Å². The Morgan fingerprint density at radius 2 is 1.94 bits per heavy atom. The van der Waals surface area contributed by atoms with Gasteiger partial charge in [-0.2, -0.15) is 0 Å². The van der Waals surface area contributed by atoms with Crippen LogP contribution in [0.3, 0.4) is 0 Å². The number of aryl methyl sites for hydroxylation is 2. The molecule has 0 fully saturated rings. The summed E-state index contributed by atoms with van der Waals surface area (Å²) in [5, 5.41) is 9.02. The number of carbonyl (C=O) groups is 1. The van der Waals surface area contributed by atoms with Crippen molar-refractivity contribution < 1.29 is 4.79 Å². The van der Waals surface area contributed by atoms with Crippen LogP contribution in [-0.4, -0.2) is 31.2 Å². The number of fused-ring (bicyclic) bond motifs is 3. The summed E-state index contributed by atoms with van der Waals surface area (Å²) in [7, 11) is 0. The van der Waals surface area contributed by atoms with E-state index in [2.05, 4.69) is 36.4 Å². The zero-order valence-electron chi connectivity index (χ0n) is 18.3. The maximum absolute atomic E-state index is 13.1. The van der Waals surface area contributed by atoms with Gasteiger partial charge in [0.15, 0.2) is 0 Å². The number of nitrogens with zero attached hydrogens (tertiary/aromatic N) is 4. The van der Waals surface area contributed by atoms with E-state index in [0.717, 1.165) is 23.9 Å². The first-order valence-electron chi connectivity index (χ1n) is 10.9. The molecule has 4 aromatic rings. The second-order valence-electron chi connectivity index (χ2n) is 8.29. The molecule has 0 unspecified atom stereocenters. The Morgan fingerprint density at radius 3 is 2.69 bits per heavy atom. The molecule has 0 spiro atoms. The molecule has 0 saturated heterocycles. The summed E-state index contributed by atoms with van der Waals surface area (Å²) >= 11 is 1.31. The molecule has 1 amide bonds. The number of aromatic nitrogens is 4. The number of thiophene rings is 1. The van der Waals surface area contributed by atoms with Crippen molar-refractivity contribution in [2.24, 2.45) is 5.92 Å². The number of carbonyl (C=O) groups excluding carboxylic acids is 1. The van der Waals surface area contributed by atoms with Crippen LogP contribution in [0.15, 0.2) is 51.4 Å². The van der Waals surface area contributed by atoms with Gasteiger partial charge in [0.2, 0.25) is 11.7 Å². The van der Waals surface area contributed by atoms with Crippen molar-refractivity contribution >= 4 is 33.2 Å². The number of hydrogen-bond donors (Lipinski definition) is 1. The molecule has 0 aliphatic carbocycles. The smallest absolute Gasteiger partial charge is 0.352 e. The van der Waals surface area contributed by atoms with Crippen molar-refractivity contribution in [3.8, 4) is 0 Å². The van der Waals surface area contributed by atoms with Gasteiger partial charge in [-0.3, -0.25) is 14.2 Å². The summed E-state index contributed by atoms with van der Waals surface area (Å²) in [5.41, 5.74) is 1.19. The zero-order valence-corrected chi connectivity index (χ0v) is 19.1. The fourth-order valence-corrected chi connectivity index (χ4v) is 4.51. The van der Waals surface area contributed by atoms with Crippen molar-refractivity contribution in [3.05, 3.63) is 68.2 Å². The highest BCUT2D eigenvalue weighted by Gasteiger charge is 2.19. The predicted molar refractivity (Wildman–Crippen MR) is 126 cm³/mol. The lowest BCUT2D eigenvalue weighted by molar-refractivity contribution is -0.121. The number of rotatable bonds is 9. The van der Waals surface area contributed by atoms with Crippen LogP contribution < -0.4 is 16.6 Å². The Morgan fingerprint density at radius 1 is 1.16 bits per heavy atom. The van der Waals surface area contributed by atoms with Crippen LogP contribution in [0.4, 0.5) is 0 Å². The SMILES string of the molecule is CC(C)CCn1c(=O)c2sccc2n2c(=O)n(CC(=O)NCCCc3ccccc3)nc12. The fraction of sp³-hybridized carbons (Fsp3) is 0.391. The van der Waals surface area contributed by atoms with Crippen LogP contribution in [0.1, 0.15) is 32.3 Å². The third-order valence-electron chi connectivity index (χ3n) is 5.42. The topological polar surface area (TPSA) is 90.4 Å². The fourth-order valence-electron chi connectivity index (χ4n) is 3.68.